The fourth-order valence-electron chi connectivity index (χ4n) is 1.35. The predicted octanol–water partition coefficient (Wildman–Crippen LogP) is 0.472. The van der Waals surface area contributed by atoms with Crippen molar-refractivity contribution in [2.24, 2.45) is 0 Å². The maximum Gasteiger partial charge on any atom is 0.329 e. The van der Waals surface area contributed by atoms with E-state index < -0.39 is 11.5 Å². The normalized spacial score (nSPS) is 18.5. The molecule has 1 saturated heterocycles. The van der Waals surface area contributed by atoms with Crippen LogP contribution >= 0.6 is 0 Å². The van der Waals surface area contributed by atoms with Crippen LogP contribution < -0.4 is 0 Å². The second kappa shape index (κ2) is 2.77. The van der Waals surface area contributed by atoms with Gasteiger partial charge >= 0.3 is 5.97 Å². The molecule has 1 fully saturated rings. The van der Waals surface area contributed by atoms with Crippen LogP contribution in [0.15, 0.2) is 0 Å². The van der Waals surface area contributed by atoms with Gasteiger partial charge in [-0.2, -0.15) is 0 Å². The zero-order valence-corrected chi connectivity index (χ0v) is 7.33. The molecule has 0 aromatic heterocycles. The predicted molar refractivity (Wildman–Crippen MR) is 42.7 cm³/mol. The van der Waals surface area contributed by atoms with Gasteiger partial charge in [0.2, 0.25) is 5.91 Å². The molecule has 4 heteroatoms. The van der Waals surface area contributed by atoms with Crippen LogP contribution in [0.5, 0.6) is 0 Å². The van der Waals surface area contributed by atoms with E-state index in [2.05, 4.69) is 0 Å². The molecule has 1 heterocycles. The van der Waals surface area contributed by atoms with Gasteiger partial charge in [-0.05, 0) is 20.3 Å². The smallest absolute Gasteiger partial charge is 0.329 e. The molecule has 0 radical (unpaired) electrons. The molecule has 0 aliphatic carbocycles. The van der Waals surface area contributed by atoms with E-state index >= 15 is 0 Å². The Hall–Kier alpha value is -1.06. The third-order valence-corrected chi connectivity index (χ3v) is 2.27. The average molecular weight is 171 g/mol. The first-order chi connectivity index (χ1) is 5.46. The zero-order chi connectivity index (χ0) is 9.35. The molecule has 0 atom stereocenters. The van der Waals surface area contributed by atoms with Crippen LogP contribution in [-0.4, -0.2) is 34.0 Å². The summed E-state index contributed by atoms with van der Waals surface area (Å²) in [6.07, 6.45) is 1.26. The first-order valence-corrected chi connectivity index (χ1v) is 4.00. The van der Waals surface area contributed by atoms with Crippen molar-refractivity contribution in [1.82, 2.24) is 4.90 Å². The van der Waals surface area contributed by atoms with Crippen molar-refractivity contribution >= 4 is 11.9 Å². The minimum absolute atomic E-state index is 0.0533. The van der Waals surface area contributed by atoms with Crippen molar-refractivity contribution in [2.75, 3.05) is 6.54 Å². The summed E-state index contributed by atoms with van der Waals surface area (Å²) in [6, 6.07) is 0. The Morgan fingerprint density at radius 2 is 2.17 bits per heavy atom. The van der Waals surface area contributed by atoms with E-state index in [0.717, 1.165) is 6.42 Å². The molecule has 12 heavy (non-hydrogen) atoms. The van der Waals surface area contributed by atoms with Gasteiger partial charge in [0.25, 0.3) is 0 Å². The Bertz CT molecular complexity index is 222. The molecule has 0 aromatic carbocycles. The zero-order valence-electron chi connectivity index (χ0n) is 7.33. The summed E-state index contributed by atoms with van der Waals surface area (Å²) in [4.78, 5) is 23.4. The Balaban J connectivity index is 2.80. The minimum atomic E-state index is -1.05. The lowest BCUT2D eigenvalue weighted by Crippen LogP contribution is -2.50. The lowest BCUT2D eigenvalue weighted by atomic mass is 10.0. The molecular formula is C8H13NO3. The van der Waals surface area contributed by atoms with E-state index in [9.17, 15) is 9.59 Å². The van der Waals surface area contributed by atoms with Crippen molar-refractivity contribution in [3.05, 3.63) is 0 Å². The van der Waals surface area contributed by atoms with Crippen molar-refractivity contribution < 1.29 is 14.7 Å². The van der Waals surface area contributed by atoms with E-state index in [-0.39, 0.29) is 5.91 Å². The molecule has 0 aromatic rings. The van der Waals surface area contributed by atoms with E-state index in [1.54, 1.807) is 13.8 Å². The van der Waals surface area contributed by atoms with Crippen molar-refractivity contribution in [1.29, 1.82) is 0 Å². The highest BCUT2D eigenvalue weighted by Crippen LogP contribution is 2.21. The van der Waals surface area contributed by atoms with Gasteiger partial charge in [0.1, 0.15) is 5.54 Å². The third-order valence-electron chi connectivity index (χ3n) is 2.27. The number of carboxylic acid groups (broad SMARTS) is 1. The summed E-state index contributed by atoms with van der Waals surface area (Å²) in [7, 11) is 0. The van der Waals surface area contributed by atoms with Gasteiger partial charge in [-0.3, -0.25) is 4.79 Å². The highest BCUT2D eigenvalue weighted by atomic mass is 16.4. The molecule has 0 saturated carbocycles. The topological polar surface area (TPSA) is 57.6 Å². The van der Waals surface area contributed by atoms with Gasteiger partial charge in [0.05, 0.1) is 0 Å². The molecule has 0 unspecified atom stereocenters. The number of hydrogen-bond donors (Lipinski definition) is 1. The summed E-state index contributed by atoms with van der Waals surface area (Å²) in [6.45, 7) is 3.68. The highest BCUT2D eigenvalue weighted by molar-refractivity contribution is 5.87. The number of carbonyl (C=O) groups excluding carboxylic acids is 1. The van der Waals surface area contributed by atoms with E-state index in [0.29, 0.717) is 13.0 Å². The summed E-state index contributed by atoms with van der Waals surface area (Å²) in [5.74, 6) is -1.000. The van der Waals surface area contributed by atoms with Crippen LogP contribution in [0.3, 0.4) is 0 Å². The number of rotatable bonds is 2. The average Bonchev–Trinajstić information content (AvgIpc) is 2.35. The van der Waals surface area contributed by atoms with Gasteiger partial charge in [0, 0.05) is 13.0 Å². The van der Waals surface area contributed by atoms with Gasteiger partial charge in [-0.25, -0.2) is 4.79 Å². The molecule has 68 valence electrons. The molecule has 4 nitrogen and oxygen atoms in total. The van der Waals surface area contributed by atoms with Gasteiger partial charge < -0.3 is 10.0 Å². The molecule has 1 rings (SSSR count). The van der Waals surface area contributed by atoms with Crippen LogP contribution in [0.2, 0.25) is 0 Å². The summed E-state index contributed by atoms with van der Waals surface area (Å²) in [5, 5.41) is 8.83. The first-order valence-electron chi connectivity index (χ1n) is 4.00. The van der Waals surface area contributed by atoms with Crippen LogP contribution in [0.25, 0.3) is 0 Å². The molecule has 1 aliphatic rings. The van der Waals surface area contributed by atoms with E-state index in [1.807, 2.05) is 0 Å². The molecule has 1 N–H and O–H groups in total. The lowest BCUT2D eigenvalue weighted by Gasteiger charge is -2.30. The quantitative estimate of drug-likeness (QED) is 0.657. The summed E-state index contributed by atoms with van der Waals surface area (Å²) < 4.78 is 0. The molecule has 0 bridgehead atoms. The molecular weight excluding hydrogens is 158 g/mol. The number of carbonyl (C=O) groups is 2. The number of amides is 1. The second-order valence-corrected chi connectivity index (χ2v) is 3.51. The standard InChI is InChI=1S/C8H13NO3/c1-8(2,7(11)12)9-5-3-4-6(9)10/h3-5H2,1-2H3,(H,11,12). The molecule has 1 aliphatic heterocycles. The number of hydrogen-bond acceptors (Lipinski definition) is 2. The minimum Gasteiger partial charge on any atom is -0.480 e. The lowest BCUT2D eigenvalue weighted by molar-refractivity contribution is -0.154. The highest BCUT2D eigenvalue weighted by Gasteiger charge is 2.39. The number of aliphatic carboxylic acids is 1. The van der Waals surface area contributed by atoms with Crippen molar-refractivity contribution in [3.8, 4) is 0 Å². The Labute approximate surface area is 71.2 Å². The van der Waals surface area contributed by atoms with Crippen molar-refractivity contribution in [2.45, 2.75) is 32.2 Å². The number of carboxylic acids is 1. The second-order valence-electron chi connectivity index (χ2n) is 3.51. The largest absolute Gasteiger partial charge is 0.480 e. The van der Waals surface area contributed by atoms with Gasteiger partial charge in [0.15, 0.2) is 0 Å². The molecule has 1 amide bonds. The Morgan fingerprint density at radius 1 is 1.58 bits per heavy atom. The van der Waals surface area contributed by atoms with Crippen LogP contribution in [0.1, 0.15) is 26.7 Å². The first kappa shape index (κ1) is 9.03. The Morgan fingerprint density at radius 3 is 2.50 bits per heavy atom. The monoisotopic (exact) mass is 171 g/mol. The fourth-order valence-corrected chi connectivity index (χ4v) is 1.35. The fraction of sp³-hybridized carbons (Fsp3) is 0.750. The van der Waals surface area contributed by atoms with Crippen LogP contribution in [-0.2, 0) is 9.59 Å². The molecule has 0 spiro atoms. The number of nitrogens with zero attached hydrogens (tertiary/aromatic N) is 1. The van der Waals surface area contributed by atoms with E-state index in [1.165, 1.54) is 4.90 Å². The summed E-state index contributed by atoms with van der Waals surface area (Å²) in [5.41, 5.74) is -1.05. The summed E-state index contributed by atoms with van der Waals surface area (Å²) >= 11 is 0. The van der Waals surface area contributed by atoms with Crippen LogP contribution in [0, 0.1) is 0 Å². The SMILES string of the molecule is CC(C)(C(=O)O)N1CCCC1=O. The van der Waals surface area contributed by atoms with Crippen molar-refractivity contribution in [3.63, 3.8) is 0 Å². The maximum absolute atomic E-state index is 11.2. The number of likely N-dealkylation sites (tertiary alicyclic amines) is 1. The Kier molecular flexibility index (Phi) is 2.08. The van der Waals surface area contributed by atoms with E-state index in [4.69, 9.17) is 5.11 Å². The van der Waals surface area contributed by atoms with Crippen LogP contribution in [0.4, 0.5) is 0 Å². The van der Waals surface area contributed by atoms with Gasteiger partial charge in [-0.15, -0.1) is 0 Å². The van der Waals surface area contributed by atoms with Gasteiger partial charge in [-0.1, -0.05) is 0 Å². The maximum atomic E-state index is 11.2. The third kappa shape index (κ3) is 1.29.